The van der Waals surface area contributed by atoms with Gasteiger partial charge in [0.1, 0.15) is 11.6 Å². The van der Waals surface area contributed by atoms with Gasteiger partial charge in [-0.25, -0.2) is 4.39 Å². The van der Waals surface area contributed by atoms with Crippen molar-refractivity contribution in [3.63, 3.8) is 0 Å². The SMILES string of the molecule is COc1ccc(C(CNC(=O)c2ccc(C)c(F)c2)N2CCCC2)cc1. The number of benzene rings is 2. The molecule has 1 N–H and O–H groups in total. The van der Waals surface area contributed by atoms with Crippen LogP contribution in [0.25, 0.3) is 0 Å². The number of hydrogen-bond donors (Lipinski definition) is 1. The van der Waals surface area contributed by atoms with Gasteiger partial charge in [-0.1, -0.05) is 18.2 Å². The van der Waals surface area contributed by atoms with E-state index in [0.717, 1.165) is 24.4 Å². The van der Waals surface area contributed by atoms with Crippen LogP contribution in [0.3, 0.4) is 0 Å². The van der Waals surface area contributed by atoms with Gasteiger partial charge in [-0.3, -0.25) is 9.69 Å². The Morgan fingerprint density at radius 1 is 1.19 bits per heavy atom. The molecule has 0 aliphatic carbocycles. The molecule has 138 valence electrons. The van der Waals surface area contributed by atoms with Gasteiger partial charge in [0.25, 0.3) is 5.91 Å². The fourth-order valence-corrected chi connectivity index (χ4v) is 3.36. The summed E-state index contributed by atoms with van der Waals surface area (Å²) in [7, 11) is 1.65. The molecule has 2 aromatic rings. The van der Waals surface area contributed by atoms with E-state index in [4.69, 9.17) is 4.74 Å². The molecule has 1 aliphatic heterocycles. The van der Waals surface area contributed by atoms with Crippen molar-refractivity contribution in [2.45, 2.75) is 25.8 Å². The summed E-state index contributed by atoms with van der Waals surface area (Å²) in [5.41, 5.74) is 2.03. The van der Waals surface area contributed by atoms with E-state index < -0.39 is 0 Å². The molecule has 1 unspecified atom stereocenters. The Hall–Kier alpha value is -2.40. The summed E-state index contributed by atoms with van der Waals surface area (Å²) in [6.45, 7) is 4.21. The molecule has 1 amide bonds. The second kappa shape index (κ2) is 8.32. The third-order valence-corrected chi connectivity index (χ3v) is 4.97. The van der Waals surface area contributed by atoms with Gasteiger partial charge >= 0.3 is 0 Å². The first-order valence-corrected chi connectivity index (χ1v) is 9.01. The molecule has 1 saturated heterocycles. The molecule has 0 spiro atoms. The van der Waals surface area contributed by atoms with Crippen molar-refractivity contribution in [2.24, 2.45) is 0 Å². The van der Waals surface area contributed by atoms with Crippen molar-refractivity contribution in [2.75, 3.05) is 26.7 Å². The average Bonchev–Trinajstić information content (AvgIpc) is 3.19. The van der Waals surface area contributed by atoms with Crippen molar-refractivity contribution in [3.05, 3.63) is 65.0 Å². The largest absolute Gasteiger partial charge is 0.497 e. The number of amides is 1. The summed E-state index contributed by atoms with van der Waals surface area (Å²) >= 11 is 0. The second-order valence-electron chi connectivity index (χ2n) is 6.71. The minimum atomic E-state index is -0.358. The molecule has 1 fully saturated rings. The minimum Gasteiger partial charge on any atom is -0.497 e. The molecule has 1 aliphatic rings. The van der Waals surface area contributed by atoms with Crippen LogP contribution in [0.4, 0.5) is 4.39 Å². The van der Waals surface area contributed by atoms with Gasteiger partial charge in [-0.15, -0.1) is 0 Å². The van der Waals surface area contributed by atoms with E-state index in [9.17, 15) is 9.18 Å². The Labute approximate surface area is 154 Å². The first-order chi connectivity index (χ1) is 12.6. The Kier molecular flexibility index (Phi) is 5.89. The van der Waals surface area contributed by atoms with Gasteiger partial charge in [-0.05, 0) is 68.2 Å². The van der Waals surface area contributed by atoms with Crippen LogP contribution < -0.4 is 10.1 Å². The van der Waals surface area contributed by atoms with Gasteiger partial charge in [0.15, 0.2) is 0 Å². The Balaban J connectivity index is 1.72. The fourth-order valence-electron chi connectivity index (χ4n) is 3.36. The first kappa shape index (κ1) is 18.4. The highest BCUT2D eigenvalue weighted by Gasteiger charge is 2.24. The lowest BCUT2D eigenvalue weighted by Gasteiger charge is -2.28. The molecule has 1 heterocycles. The predicted octanol–water partition coefficient (Wildman–Crippen LogP) is 3.71. The first-order valence-electron chi connectivity index (χ1n) is 9.01. The zero-order chi connectivity index (χ0) is 18.5. The van der Waals surface area contributed by atoms with Crippen LogP contribution in [0.1, 0.15) is 40.4 Å². The molecule has 4 nitrogen and oxygen atoms in total. The Morgan fingerprint density at radius 2 is 1.88 bits per heavy atom. The molecular weight excluding hydrogens is 331 g/mol. The number of halogens is 1. The molecule has 0 aromatic heterocycles. The van der Waals surface area contributed by atoms with Crippen LogP contribution in [0, 0.1) is 12.7 Å². The van der Waals surface area contributed by atoms with Crippen molar-refractivity contribution >= 4 is 5.91 Å². The van der Waals surface area contributed by atoms with Crippen molar-refractivity contribution in [1.29, 1.82) is 0 Å². The number of likely N-dealkylation sites (tertiary alicyclic amines) is 1. The van der Waals surface area contributed by atoms with Crippen LogP contribution in [-0.4, -0.2) is 37.6 Å². The highest BCUT2D eigenvalue weighted by atomic mass is 19.1. The maximum absolute atomic E-state index is 13.7. The summed E-state index contributed by atoms with van der Waals surface area (Å²) < 4.78 is 19.0. The maximum Gasteiger partial charge on any atom is 0.251 e. The van der Waals surface area contributed by atoms with Gasteiger partial charge in [0.2, 0.25) is 0 Å². The Morgan fingerprint density at radius 3 is 2.50 bits per heavy atom. The van der Waals surface area contributed by atoms with Crippen LogP contribution in [0.2, 0.25) is 0 Å². The van der Waals surface area contributed by atoms with E-state index in [2.05, 4.69) is 10.2 Å². The molecule has 1 atom stereocenters. The summed E-state index contributed by atoms with van der Waals surface area (Å²) in [5, 5.41) is 2.97. The minimum absolute atomic E-state index is 0.0997. The van der Waals surface area contributed by atoms with Crippen LogP contribution in [0.15, 0.2) is 42.5 Å². The molecule has 3 rings (SSSR count). The van der Waals surface area contributed by atoms with E-state index in [-0.39, 0.29) is 17.8 Å². The average molecular weight is 356 g/mol. The molecule has 0 saturated carbocycles. The zero-order valence-corrected chi connectivity index (χ0v) is 15.3. The lowest BCUT2D eigenvalue weighted by atomic mass is 10.0. The van der Waals surface area contributed by atoms with Crippen LogP contribution in [0.5, 0.6) is 5.75 Å². The number of hydrogen-bond acceptors (Lipinski definition) is 3. The molecule has 2 aromatic carbocycles. The number of carbonyl (C=O) groups is 1. The van der Waals surface area contributed by atoms with Crippen molar-refractivity contribution in [1.82, 2.24) is 10.2 Å². The van der Waals surface area contributed by atoms with Crippen LogP contribution >= 0.6 is 0 Å². The van der Waals surface area contributed by atoms with E-state index in [1.54, 1.807) is 26.2 Å². The summed E-state index contributed by atoms with van der Waals surface area (Å²) in [6.07, 6.45) is 2.34. The van der Waals surface area contributed by atoms with Crippen molar-refractivity contribution < 1.29 is 13.9 Å². The molecule has 26 heavy (non-hydrogen) atoms. The number of rotatable bonds is 6. The van der Waals surface area contributed by atoms with Crippen LogP contribution in [-0.2, 0) is 0 Å². The zero-order valence-electron chi connectivity index (χ0n) is 15.3. The number of aryl methyl sites for hydroxylation is 1. The van der Waals surface area contributed by atoms with E-state index in [1.165, 1.54) is 18.9 Å². The van der Waals surface area contributed by atoms with Gasteiger partial charge in [0.05, 0.1) is 13.2 Å². The third kappa shape index (κ3) is 4.22. The lowest BCUT2D eigenvalue weighted by Crippen LogP contribution is -2.36. The molecular formula is C21H25FN2O2. The monoisotopic (exact) mass is 356 g/mol. The number of carbonyl (C=O) groups excluding carboxylic acids is 1. The number of nitrogens with one attached hydrogen (secondary N) is 1. The number of ether oxygens (including phenoxy) is 1. The molecule has 0 bridgehead atoms. The topological polar surface area (TPSA) is 41.6 Å². The number of methoxy groups -OCH3 is 1. The maximum atomic E-state index is 13.7. The van der Waals surface area contributed by atoms with E-state index in [1.807, 2.05) is 24.3 Å². The predicted molar refractivity (Wildman–Crippen MR) is 100 cm³/mol. The van der Waals surface area contributed by atoms with E-state index in [0.29, 0.717) is 17.7 Å². The molecule has 5 heteroatoms. The van der Waals surface area contributed by atoms with E-state index >= 15 is 0 Å². The number of nitrogens with zero attached hydrogens (tertiary/aromatic N) is 1. The summed E-state index contributed by atoms with van der Waals surface area (Å²) in [5.74, 6) is 0.207. The summed E-state index contributed by atoms with van der Waals surface area (Å²) in [4.78, 5) is 14.8. The smallest absolute Gasteiger partial charge is 0.251 e. The second-order valence-corrected chi connectivity index (χ2v) is 6.71. The third-order valence-electron chi connectivity index (χ3n) is 4.97. The van der Waals surface area contributed by atoms with Crippen molar-refractivity contribution in [3.8, 4) is 5.75 Å². The Bertz CT molecular complexity index is 755. The highest BCUT2D eigenvalue weighted by molar-refractivity contribution is 5.94. The quantitative estimate of drug-likeness (QED) is 0.858. The summed E-state index contributed by atoms with van der Waals surface area (Å²) in [6, 6.07) is 12.6. The highest BCUT2D eigenvalue weighted by Crippen LogP contribution is 2.26. The lowest BCUT2D eigenvalue weighted by molar-refractivity contribution is 0.0937. The van der Waals surface area contributed by atoms with Gasteiger partial charge in [0, 0.05) is 12.1 Å². The normalized spacial score (nSPS) is 15.7. The standard InChI is InChI=1S/C21H25FN2O2/c1-15-5-6-17(13-19(15)22)21(25)23-14-20(24-11-3-4-12-24)16-7-9-18(26-2)10-8-16/h5-10,13,20H,3-4,11-12,14H2,1-2H3,(H,23,25). The molecule has 0 radical (unpaired) electrons. The van der Waals surface area contributed by atoms with Gasteiger partial charge < -0.3 is 10.1 Å². The van der Waals surface area contributed by atoms with Gasteiger partial charge in [-0.2, -0.15) is 0 Å². The fraction of sp³-hybridized carbons (Fsp3) is 0.381.